The van der Waals surface area contributed by atoms with Gasteiger partial charge in [0, 0.05) is 35.0 Å². The minimum absolute atomic E-state index is 0.163. The molecule has 1 aromatic carbocycles. The highest BCUT2D eigenvalue weighted by atomic mass is 16.3. The number of fused-ring (bicyclic) bond motifs is 1. The smallest absolute Gasteiger partial charge is 0.165 e. The summed E-state index contributed by atoms with van der Waals surface area (Å²) in [5, 5.41) is 1.02. The SMILES string of the molecule is Cc1ccc2[nH]c(C)c(C(=O)CCc3ccco3)c2c1. The van der Waals surface area contributed by atoms with Crippen LogP contribution in [0.5, 0.6) is 0 Å². The number of rotatable bonds is 4. The lowest BCUT2D eigenvalue weighted by atomic mass is 10.0. The summed E-state index contributed by atoms with van der Waals surface area (Å²) < 4.78 is 5.28. The van der Waals surface area contributed by atoms with E-state index in [2.05, 4.69) is 17.1 Å². The third-order valence-electron chi connectivity index (χ3n) is 3.60. The Labute approximate surface area is 117 Å². The monoisotopic (exact) mass is 267 g/mol. The number of carbonyl (C=O) groups is 1. The summed E-state index contributed by atoms with van der Waals surface area (Å²) >= 11 is 0. The number of aryl methyl sites for hydroxylation is 3. The Morgan fingerprint density at radius 2 is 2.10 bits per heavy atom. The zero-order chi connectivity index (χ0) is 14.1. The van der Waals surface area contributed by atoms with Gasteiger partial charge < -0.3 is 9.40 Å². The molecule has 0 saturated carbocycles. The van der Waals surface area contributed by atoms with Gasteiger partial charge in [-0.2, -0.15) is 0 Å². The molecule has 0 saturated heterocycles. The van der Waals surface area contributed by atoms with Crippen LogP contribution in [0.1, 0.15) is 33.8 Å². The lowest BCUT2D eigenvalue weighted by molar-refractivity contribution is 0.0982. The molecular weight excluding hydrogens is 250 g/mol. The van der Waals surface area contributed by atoms with E-state index in [1.165, 1.54) is 0 Å². The average Bonchev–Trinajstić information content (AvgIpc) is 3.02. The summed E-state index contributed by atoms with van der Waals surface area (Å²) in [5.74, 6) is 1.02. The molecule has 2 heterocycles. The van der Waals surface area contributed by atoms with Crippen molar-refractivity contribution >= 4 is 16.7 Å². The van der Waals surface area contributed by atoms with Gasteiger partial charge >= 0.3 is 0 Å². The van der Waals surface area contributed by atoms with Crippen LogP contribution in [0, 0.1) is 13.8 Å². The number of nitrogens with one attached hydrogen (secondary N) is 1. The topological polar surface area (TPSA) is 46.0 Å². The van der Waals surface area contributed by atoms with Crippen molar-refractivity contribution in [3.8, 4) is 0 Å². The molecule has 3 aromatic rings. The van der Waals surface area contributed by atoms with Gasteiger partial charge in [-0.05, 0) is 38.1 Å². The van der Waals surface area contributed by atoms with Gasteiger partial charge in [0.25, 0.3) is 0 Å². The van der Waals surface area contributed by atoms with E-state index in [-0.39, 0.29) is 5.78 Å². The van der Waals surface area contributed by atoms with E-state index in [1.54, 1.807) is 6.26 Å². The maximum Gasteiger partial charge on any atom is 0.165 e. The van der Waals surface area contributed by atoms with Crippen molar-refractivity contribution in [1.29, 1.82) is 0 Å². The number of H-pyrrole nitrogens is 1. The first kappa shape index (κ1) is 12.7. The summed E-state index contributed by atoms with van der Waals surface area (Å²) in [6.45, 7) is 3.99. The van der Waals surface area contributed by atoms with Crippen molar-refractivity contribution in [2.75, 3.05) is 0 Å². The molecule has 0 aliphatic rings. The minimum atomic E-state index is 0.163. The van der Waals surface area contributed by atoms with E-state index in [9.17, 15) is 4.79 Å². The summed E-state index contributed by atoms with van der Waals surface area (Å²) in [4.78, 5) is 15.8. The van der Waals surface area contributed by atoms with Gasteiger partial charge in [0.05, 0.1) is 6.26 Å². The Hall–Kier alpha value is -2.29. The highest BCUT2D eigenvalue weighted by Crippen LogP contribution is 2.25. The number of furan rings is 1. The molecule has 2 aromatic heterocycles. The molecule has 3 nitrogen and oxygen atoms in total. The highest BCUT2D eigenvalue weighted by Gasteiger charge is 2.16. The average molecular weight is 267 g/mol. The van der Waals surface area contributed by atoms with E-state index < -0.39 is 0 Å². The van der Waals surface area contributed by atoms with Gasteiger partial charge in [0.2, 0.25) is 0 Å². The summed E-state index contributed by atoms with van der Waals surface area (Å²) in [7, 11) is 0. The number of hydrogen-bond acceptors (Lipinski definition) is 2. The maximum atomic E-state index is 12.5. The van der Waals surface area contributed by atoms with Crippen LogP contribution in [0.2, 0.25) is 0 Å². The van der Waals surface area contributed by atoms with Gasteiger partial charge in [-0.15, -0.1) is 0 Å². The van der Waals surface area contributed by atoms with Crippen LogP contribution in [-0.4, -0.2) is 10.8 Å². The quantitative estimate of drug-likeness (QED) is 0.720. The predicted octanol–water partition coefficient (Wildman–Crippen LogP) is 4.19. The fraction of sp³-hybridized carbons (Fsp3) is 0.235. The van der Waals surface area contributed by atoms with Crippen LogP contribution in [-0.2, 0) is 6.42 Å². The van der Waals surface area contributed by atoms with Crippen LogP contribution < -0.4 is 0 Å². The van der Waals surface area contributed by atoms with E-state index in [0.717, 1.165) is 33.5 Å². The highest BCUT2D eigenvalue weighted by molar-refractivity contribution is 6.09. The number of aromatic nitrogens is 1. The molecule has 102 valence electrons. The Morgan fingerprint density at radius 1 is 1.25 bits per heavy atom. The first-order valence-electron chi connectivity index (χ1n) is 6.79. The molecule has 20 heavy (non-hydrogen) atoms. The van der Waals surface area contributed by atoms with Gasteiger partial charge in [0.1, 0.15) is 5.76 Å². The Morgan fingerprint density at radius 3 is 2.85 bits per heavy atom. The molecule has 0 spiro atoms. The number of ketones is 1. The van der Waals surface area contributed by atoms with Crippen LogP contribution >= 0.6 is 0 Å². The van der Waals surface area contributed by atoms with Gasteiger partial charge in [0.15, 0.2) is 5.78 Å². The fourth-order valence-electron chi connectivity index (χ4n) is 2.62. The Kier molecular flexibility index (Phi) is 3.18. The third kappa shape index (κ3) is 2.27. The zero-order valence-electron chi connectivity index (χ0n) is 11.7. The van der Waals surface area contributed by atoms with E-state index in [0.29, 0.717) is 12.8 Å². The number of Topliss-reactive ketones (excluding diaryl/α,β-unsaturated/α-hetero) is 1. The standard InChI is InChI=1S/C17H17NO2/c1-11-5-7-15-14(10-11)17(12(2)18-15)16(19)8-6-13-4-3-9-20-13/h3-5,7,9-10,18H,6,8H2,1-2H3. The van der Waals surface area contributed by atoms with Crippen LogP contribution in [0.4, 0.5) is 0 Å². The number of carbonyl (C=O) groups excluding carboxylic acids is 1. The van der Waals surface area contributed by atoms with Crippen molar-refractivity contribution in [2.45, 2.75) is 26.7 Å². The molecule has 0 fully saturated rings. The van der Waals surface area contributed by atoms with Crippen molar-refractivity contribution < 1.29 is 9.21 Å². The molecular formula is C17H17NO2. The van der Waals surface area contributed by atoms with Gasteiger partial charge in [-0.3, -0.25) is 4.79 Å². The van der Waals surface area contributed by atoms with Crippen molar-refractivity contribution in [3.05, 3.63) is 59.2 Å². The van der Waals surface area contributed by atoms with Crippen molar-refractivity contribution in [3.63, 3.8) is 0 Å². The normalized spacial score (nSPS) is 11.1. The lowest BCUT2D eigenvalue weighted by Gasteiger charge is -2.01. The third-order valence-corrected chi connectivity index (χ3v) is 3.60. The summed E-state index contributed by atoms with van der Waals surface area (Å²) in [6.07, 6.45) is 2.75. The van der Waals surface area contributed by atoms with Crippen LogP contribution in [0.15, 0.2) is 41.0 Å². The lowest BCUT2D eigenvalue weighted by Crippen LogP contribution is -2.02. The zero-order valence-corrected chi connectivity index (χ0v) is 11.7. The van der Waals surface area contributed by atoms with Crippen molar-refractivity contribution in [2.24, 2.45) is 0 Å². The second kappa shape index (κ2) is 5.00. The molecule has 0 radical (unpaired) electrons. The van der Waals surface area contributed by atoms with Crippen LogP contribution in [0.3, 0.4) is 0 Å². The molecule has 0 aliphatic carbocycles. The molecule has 0 aliphatic heterocycles. The predicted molar refractivity (Wildman–Crippen MR) is 79.1 cm³/mol. The summed E-state index contributed by atoms with van der Waals surface area (Å²) in [6, 6.07) is 9.90. The van der Waals surface area contributed by atoms with Crippen LogP contribution in [0.25, 0.3) is 10.9 Å². The minimum Gasteiger partial charge on any atom is -0.469 e. The molecule has 1 N–H and O–H groups in total. The molecule has 3 rings (SSSR count). The fourth-order valence-corrected chi connectivity index (χ4v) is 2.62. The first-order valence-corrected chi connectivity index (χ1v) is 6.79. The molecule has 0 unspecified atom stereocenters. The largest absolute Gasteiger partial charge is 0.469 e. The number of aromatic amines is 1. The second-order valence-corrected chi connectivity index (χ2v) is 5.18. The van der Waals surface area contributed by atoms with Crippen molar-refractivity contribution in [1.82, 2.24) is 4.98 Å². The Balaban J connectivity index is 1.90. The van der Waals surface area contributed by atoms with Gasteiger partial charge in [-0.25, -0.2) is 0 Å². The molecule has 0 bridgehead atoms. The first-order chi connectivity index (χ1) is 9.65. The van der Waals surface area contributed by atoms with E-state index in [1.807, 2.05) is 32.0 Å². The van der Waals surface area contributed by atoms with E-state index in [4.69, 9.17) is 4.42 Å². The number of benzene rings is 1. The summed E-state index contributed by atoms with van der Waals surface area (Å²) in [5.41, 5.74) is 3.94. The number of hydrogen-bond donors (Lipinski definition) is 1. The second-order valence-electron chi connectivity index (χ2n) is 5.18. The molecule has 0 atom stereocenters. The van der Waals surface area contributed by atoms with Gasteiger partial charge in [-0.1, -0.05) is 11.6 Å². The van der Waals surface area contributed by atoms with E-state index >= 15 is 0 Å². The molecule has 3 heteroatoms. The Bertz CT molecular complexity index is 751. The maximum absolute atomic E-state index is 12.5. The molecule has 0 amide bonds.